The lowest BCUT2D eigenvalue weighted by Crippen LogP contribution is -2.12. The summed E-state index contributed by atoms with van der Waals surface area (Å²) in [6.45, 7) is 0. The van der Waals surface area contributed by atoms with Gasteiger partial charge >= 0.3 is 0 Å². The van der Waals surface area contributed by atoms with Crippen molar-refractivity contribution in [3.8, 4) is 22.9 Å². The SMILES string of the molecule is c1ccc(-c2nnc(-c3ccc(N(c4ccccc4)c4cccc5c(N(c6ccccc6)c6ccccc6)cccc45)cc3)o2)cc1. The smallest absolute Gasteiger partial charge is 0.248 e. The van der Waals surface area contributed by atoms with Crippen molar-refractivity contribution >= 4 is 44.9 Å². The molecule has 7 aromatic carbocycles. The van der Waals surface area contributed by atoms with Crippen LogP contribution in [0.5, 0.6) is 0 Å². The van der Waals surface area contributed by atoms with Crippen LogP contribution in [0.3, 0.4) is 0 Å². The van der Waals surface area contributed by atoms with Gasteiger partial charge in [-0.2, -0.15) is 0 Å². The highest BCUT2D eigenvalue weighted by Gasteiger charge is 2.20. The van der Waals surface area contributed by atoms with Crippen LogP contribution in [-0.2, 0) is 0 Å². The van der Waals surface area contributed by atoms with Crippen molar-refractivity contribution in [1.29, 1.82) is 0 Å². The van der Waals surface area contributed by atoms with E-state index in [-0.39, 0.29) is 0 Å². The first-order valence-electron chi connectivity index (χ1n) is 15.6. The number of hydrogen-bond acceptors (Lipinski definition) is 5. The molecule has 0 saturated heterocycles. The van der Waals surface area contributed by atoms with Crippen LogP contribution >= 0.6 is 0 Å². The predicted molar refractivity (Wildman–Crippen MR) is 192 cm³/mol. The number of aromatic nitrogens is 2. The summed E-state index contributed by atoms with van der Waals surface area (Å²) in [7, 11) is 0. The molecule has 0 N–H and O–H groups in total. The Labute approximate surface area is 273 Å². The Balaban J connectivity index is 1.24. The Morgan fingerprint density at radius 3 is 1.11 bits per heavy atom. The summed E-state index contributed by atoms with van der Waals surface area (Å²) in [5.41, 5.74) is 8.22. The van der Waals surface area contributed by atoms with E-state index in [9.17, 15) is 0 Å². The largest absolute Gasteiger partial charge is 0.416 e. The molecule has 0 aliphatic heterocycles. The van der Waals surface area contributed by atoms with Gasteiger partial charge < -0.3 is 14.2 Å². The lowest BCUT2D eigenvalue weighted by atomic mass is 10.0. The van der Waals surface area contributed by atoms with Crippen molar-refractivity contribution in [3.63, 3.8) is 0 Å². The lowest BCUT2D eigenvalue weighted by molar-refractivity contribution is 0.584. The Hall–Kier alpha value is -6.46. The minimum Gasteiger partial charge on any atom is -0.416 e. The number of hydrogen-bond donors (Lipinski definition) is 0. The van der Waals surface area contributed by atoms with Crippen LogP contribution < -0.4 is 9.80 Å². The topological polar surface area (TPSA) is 45.4 Å². The van der Waals surface area contributed by atoms with Crippen LogP contribution in [0.4, 0.5) is 34.1 Å². The van der Waals surface area contributed by atoms with Gasteiger partial charge in [0.1, 0.15) is 0 Å². The molecule has 0 bridgehead atoms. The Morgan fingerprint density at radius 2 is 0.681 bits per heavy atom. The number of anilines is 6. The standard InChI is InChI=1S/C42H30N4O/c1-5-15-31(16-6-1)41-43-44-42(47-41)32-27-29-36(30-28-32)46(35-21-11-4-12-22-35)40-26-14-23-37-38(40)24-13-25-39(37)45(33-17-7-2-8-18-33)34-19-9-3-10-20-34/h1-30H. The first-order valence-corrected chi connectivity index (χ1v) is 15.6. The van der Waals surface area contributed by atoms with Gasteiger partial charge in [-0.25, -0.2) is 0 Å². The van der Waals surface area contributed by atoms with E-state index in [2.05, 4.69) is 153 Å². The molecule has 0 atom stereocenters. The summed E-state index contributed by atoms with van der Waals surface area (Å²) in [6.07, 6.45) is 0. The molecule has 5 heteroatoms. The maximum Gasteiger partial charge on any atom is 0.248 e. The van der Waals surface area contributed by atoms with Gasteiger partial charge in [0, 0.05) is 44.6 Å². The van der Waals surface area contributed by atoms with Crippen molar-refractivity contribution in [3.05, 3.63) is 182 Å². The van der Waals surface area contributed by atoms with E-state index in [0.29, 0.717) is 11.8 Å². The molecular weight excluding hydrogens is 576 g/mol. The van der Waals surface area contributed by atoms with E-state index in [1.165, 1.54) is 0 Å². The van der Waals surface area contributed by atoms with E-state index in [0.717, 1.165) is 56.0 Å². The molecule has 0 saturated carbocycles. The van der Waals surface area contributed by atoms with Crippen molar-refractivity contribution in [2.45, 2.75) is 0 Å². The van der Waals surface area contributed by atoms with Gasteiger partial charge in [-0.15, -0.1) is 10.2 Å². The van der Waals surface area contributed by atoms with Gasteiger partial charge in [0.15, 0.2) is 0 Å². The van der Waals surface area contributed by atoms with E-state index in [1.807, 2.05) is 48.5 Å². The highest BCUT2D eigenvalue weighted by atomic mass is 16.4. The Morgan fingerprint density at radius 1 is 0.319 bits per heavy atom. The van der Waals surface area contributed by atoms with Crippen LogP contribution in [0.25, 0.3) is 33.7 Å². The molecule has 224 valence electrons. The van der Waals surface area contributed by atoms with E-state index >= 15 is 0 Å². The maximum absolute atomic E-state index is 6.05. The minimum atomic E-state index is 0.485. The zero-order chi connectivity index (χ0) is 31.4. The number of fused-ring (bicyclic) bond motifs is 1. The highest BCUT2D eigenvalue weighted by Crippen LogP contribution is 2.44. The Bertz CT molecular complexity index is 2200. The lowest BCUT2D eigenvalue weighted by Gasteiger charge is -2.29. The number of nitrogens with zero attached hydrogens (tertiary/aromatic N) is 4. The van der Waals surface area contributed by atoms with Crippen molar-refractivity contribution in [2.75, 3.05) is 9.80 Å². The Kier molecular flexibility index (Phi) is 7.46. The van der Waals surface area contributed by atoms with Crippen LogP contribution in [0.15, 0.2) is 186 Å². The molecule has 0 unspecified atom stereocenters. The first-order chi connectivity index (χ1) is 23.3. The quantitative estimate of drug-likeness (QED) is 0.172. The first kappa shape index (κ1) is 28.0. The molecule has 0 fully saturated rings. The number of benzene rings is 7. The molecule has 1 aromatic heterocycles. The van der Waals surface area contributed by atoms with Crippen molar-refractivity contribution in [2.24, 2.45) is 0 Å². The van der Waals surface area contributed by atoms with Gasteiger partial charge in [0.05, 0.1) is 11.4 Å². The molecule has 8 rings (SSSR count). The summed E-state index contributed by atoms with van der Waals surface area (Å²) >= 11 is 0. The molecule has 47 heavy (non-hydrogen) atoms. The highest BCUT2D eigenvalue weighted by molar-refractivity contribution is 6.06. The van der Waals surface area contributed by atoms with Crippen LogP contribution in [0.1, 0.15) is 0 Å². The number of para-hydroxylation sites is 3. The van der Waals surface area contributed by atoms with E-state index < -0.39 is 0 Å². The maximum atomic E-state index is 6.05. The fraction of sp³-hybridized carbons (Fsp3) is 0. The third-order valence-corrected chi connectivity index (χ3v) is 8.22. The van der Waals surface area contributed by atoms with Gasteiger partial charge in [0.25, 0.3) is 0 Å². The van der Waals surface area contributed by atoms with Crippen LogP contribution in [-0.4, -0.2) is 10.2 Å². The molecule has 0 aliphatic rings. The predicted octanol–water partition coefficient (Wildman–Crippen LogP) is 11.5. The summed E-state index contributed by atoms with van der Waals surface area (Å²) in [5.74, 6) is 0.987. The summed E-state index contributed by atoms with van der Waals surface area (Å²) in [6, 6.07) is 62.7. The number of rotatable bonds is 8. The molecular formula is C42H30N4O. The second kappa shape index (κ2) is 12.5. The third kappa shape index (κ3) is 5.51. The minimum absolute atomic E-state index is 0.485. The van der Waals surface area contributed by atoms with Crippen LogP contribution in [0, 0.1) is 0 Å². The molecule has 0 amide bonds. The second-order valence-corrected chi connectivity index (χ2v) is 11.2. The monoisotopic (exact) mass is 606 g/mol. The molecule has 0 spiro atoms. The molecule has 0 radical (unpaired) electrons. The molecule has 1 heterocycles. The normalized spacial score (nSPS) is 11.0. The molecule has 0 aliphatic carbocycles. The fourth-order valence-electron chi connectivity index (χ4n) is 6.04. The van der Waals surface area contributed by atoms with Gasteiger partial charge in [0.2, 0.25) is 11.8 Å². The zero-order valence-corrected chi connectivity index (χ0v) is 25.5. The second-order valence-electron chi connectivity index (χ2n) is 11.2. The average Bonchev–Trinajstić information content (AvgIpc) is 3.65. The molecule has 5 nitrogen and oxygen atoms in total. The zero-order valence-electron chi connectivity index (χ0n) is 25.5. The summed E-state index contributed by atoms with van der Waals surface area (Å²) < 4.78 is 6.05. The van der Waals surface area contributed by atoms with E-state index in [4.69, 9.17) is 4.42 Å². The summed E-state index contributed by atoms with van der Waals surface area (Å²) in [5, 5.41) is 10.9. The third-order valence-electron chi connectivity index (χ3n) is 8.22. The van der Waals surface area contributed by atoms with Gasteiger partial charge in [-0.05, 0) is 84.9 Å². The van der Waals surface area contributed by atoms with Crippen molar-refractivity contribution in [1.82, 2.24) is 10.2 Å². The summed E-state index contributed by atoms with van der Waals surface area (Å²) in [4.78, 5) is 4.62. The van der Waals surface area contributed by atoms with Gasteiger partial charge in [-0.3, -0.25) is 0 Å². The average molecular weight is 607 g/mol. The van der Waals surface area contributed by atoms with Crippen molar-refractivity contribution < 1.29 is 4.42 Å². The van der Waals surface area contributed by atoms with Crippen LogP contribution in [0.2, 0.25) is 0 Å². The van der Waals surface area contributed by atoms with E-state index in [1.54, 1.807) is 0 Å². The fourth-order valence-corrected chi connectivity index (χ4v) is 6.04. The van der Waals surface area contributed by atoms with Gasteiger partial charge in [-0.1, -0.05) is 97.1 Å². The molecule has 8 aromatic rings.